The number of nitrogens with one attached hydrogen (secondary N) is 1. The number of ether oxygens (including phenoxy) is 1. The van der Waals surface area contributed by atoms with Crippen LogP contribution in [0.5, 0.6) is 0 Å². The summed E-state index contributed by atoms with van der Waals surface area (Å²) in [6.07, 6.45) is 3.32. The summed E-state index contributed by atoms with van der Waals surface area (Å²) in [5.41, 5.74) is -0.391. The van der Waals surface area contributed by atoms with E-state index < -0.39 is 5.60 Å². The second-order valence-electron chi connectivity index (χ2n) is 6.22. The Hall–Kier alpha value is -0.770. The lowest BCUT2D eigenvalue weighted by molar-refractivity contribution is 0.0207. The van der Waals surface area contributed by atoms with Crippen LogP contribution in [0.3, 0.4) is 0 Å². The summed E-state index contributed by atoms with van der Waals surface area (Å²) in [4.78, 5) is 14.1. The summed E-state index contributed by atoms with van der Waals surface area (Å²) in [5, 5.41) is 3.35. The quantitative estimate of drug-likeness (QED) is 0.820. The topological polar surface area (TPSA) is 41.6 Å². The average molecular weight is 240 g/mol. The van der Waals surface area contributed by atoms with Crippen LogP contribution in [-0.4, -0.2) is 42.3 Å². The molecule has 2 rings (SSSR count). The maximum atomic E-state index is 12.1. The van der Waals surface area contributed by atoms with Gasteiger partial charge < -0.3 is 15.0 Å². The Kier molecular flexibility index (Phi) is 3.61. The Labute approximate surface area is 104 Å². The minimum atomic E-state index is -0.391. The zero-order valence-electron chi connectivity index (χ0n) is 11.2. The van der Waals surface area contributed by atoms with Gasteiger partial charge in [-0.15, -0.1) is 0 Å². The van der Waals surface area contributed by atoms with Crippen molar-refractivity contribution in [1.82, 2.24) is 10.2 Å². The molecule has 1 N–H and O–H groups in total. The number of carbonyl (C=O) groups is 1. The highest BCUT2D eigenvalue weighted by molar-refractivity contribution is 5.69. The largest absolute Gasteiger partial charge is 0.444 e. The first-order valence-electron chi connectivity index (χ1n) is 6.66. The van der Waals surface area contributed by atoms with Crippen molar-refractivity contribution in [3.63, 3.8) is 0 Å². The molecule has 1 saturated carbocycles. The van der Waals surface area contributed by atoms with Gasteiger partial charge in [-0.1, -0.05) is 0 Å². The Balaban J connectivity index is 1.89. The molecule has 0 aromatic carbocycles. The number of carbonyl (C=O) groups excluding carboxylic acids is 1. The van der Waals surface area contributed by atoms with Gasteiger partial charge in [-0.25, -0.2) is 4.79 Å². The maximum absolute atomic E-state index is 12.1. The summed E-state index contributed by atoms with van der Waals surface area (Å²) >= 11 is 0. The molecule has 1 aliphatic heterocycles. The predicted octanol–water partition coefficient (Wildman–Crippen LogP) is 2.00. The molecule has 1 heterocycles. The molecule has 2 fully saturated rings. The summed E-state index contributed by atoms with van der Waals surface area (Å²) < 4.78 is 5.48. The van der Waals surface area contributed by atoms with Crippen LogP contribution in [0.15, 0.2) is 0 Å². The lowest BCUT2D eigenvalue weighted by Gasteiger charge is -2.29. The SMILES string of the molecule is CC(C)(C)OC(=O)N(C[C@H]1CCNC1)C1CC1. The van der Waals surface area contributed by atoms with E-state index >= 15 is 0 Å². The molecule has 0 aromatic heterocycles. The minimum absolute atomic E-state index is 0.132. The zero-order valence-corrected chi connectivity index (χ0v) is 11.2. The molecule has 4 nitrogen and oxygen atoms in total. The van der Waals surface area contributed by atoms with Crippen LogP contribution in [0, 0.1) is 5.92 Å². The van der Waals surface area contributed by atoms with E-state index in [0.717, 1.165) is 32.5 Å². The van der Waals surface area contributed by atoms with Crippen molar-refractivity contribution < 1.29 is 9.53 Å². The number of nitrogens with zero attached hydrogens (tertiary/aromatic N) is 1. The highest BCUT2D eigenvalue weighted by Crippen LogP contribution is 2.29. The summed E-state index contributed by atoms with van der Waals surface area (Å²) in [5.74, 6) is 0.600. The highest BCUT2D eigenvalue weighted by atomic mass is 16.6. The fourth-order valence-corrected chi connectivity index (χ4v) is 2.23. The minimum Gasteiger partial charge on any atom is -0.444 e. The lowest BCUT2D eigenvalue weighted by atomic mass is 10.1. The summed E-state index contributed by atoms with van der Waals surface area (Å²) in [7, 11) is 0. The molecule has 1 saturated heterocycles. The second-order valence-corrected chi connectivity index (χ2v) is 6.22. The van der Waals surface area contributed by atoms with Gasteiger partial charge in [-0.3, -0.25) is 0 Å². The molecule has 2 aliphatic rings. The molecule has 1 aliphatic carbocycles. The molecule has 0 aromatic rings. The number of hydrogen-bond donors (Lipinski definition) is 1. The van der Waals surface area contributed by atoms with Gasteiger partial charge >= 0.3 is 6.09 Å². The standard InChI is InChI=1S/C13H24N2O2/c1-13(2,3)17-12(16)15(11-4-5-11)9-10-6-7-14-8-10/h10-11,14H,4-9H2,1-3H3/t10-/m0/s1. The van der Waals surface area contributed by atoms with Crippen molar-refractivity contribution in [3.8, 4) is 0 Å². The third-order valence-corrected chi connectivity index (χ3v) is 3.23. The molecular weight excluding hydrogens is 216 g/mol. The van der Waals surface area contributed by atoms with E-state index in [2.05, 4.69) is 5.32 Å². The van der Waals surface area contributed by atoms with Crippen LogP contribution < -0.4 is 5.32 Å². The fourth-order valence-electron chi connectivity index (χ4n) is 2.23. The molecule has 0 unspecified atom stereocenters. The summed E-state index contributed by atoms with van der Waals surface area (Å²) in [6.45, 7) is 8.74. The van der Waals surface area contributed by atoms with E-state index in [9.17, 15) is 4.79 Å². The molecule has 98 valence electrons. The van der Waals surface area contributed by atoms with Gasteiger partial charge in [0.15, 0.2) is 0 Å². The smallest absolute Gasteiger partial charge is 0.410 e. The van der Waals surface area contributed by atoms with Crippen LogP contribution in [0.25, 0.3) is 0 Å². The van der Waals surface area contributed by atoms with Crippen molar-refractivity contribution in [1.29, 1.82) is 0 Å². The van der Waals surface area contributed by atoms with Gasteiger partial charge in [-0.05, 0) is 59.0 Å². The molecule has 1 atom stereocenters. The van der Waals surface area contributed by atoms with E-state index in [0.29, 0.717) is 12.0 Å². The Morgan fingerprint density at radius 2 is 2.06 bits per heavy atom. The summed E-state index contributed by atoms with van der Waals surface area (Å²) in [6, 6.07) is 0.436. The van der Waals surface area contributed by atoms with Crippen molar-refractivity contribution in [3.05, 3.63) is 0 Å². The Morgan fingerprint density at radius 1 is 1.35 bits per heavy atom. The van der Waals surface area contributed by atoms with E-state index in [1.165, 1.54) is 6.42 Å². The molecule has 4 heteroatoms. The van der Waals surface area contributed by atoms with E-state index in [1.807, 2.05) is 25.7 Å². The third-order valence-electron chi connectivity index (χ3n) is 3.23. The molecule has 1 amide bonds. The van der Waals surface area contributed by atoms with Crippen LogP contribution in [0.4, 0.5) is 4.79 Å². The highest BCUT2D eigenvalue weighted by Gasteiger charge is 2.36. The predicted molar refractivity (Wildman–Crippen MR) is 66.9 cm³/mol. The van der Waals surface area contributed by atoms with Crippen LogP contribution >= 0.6 is 0 Å². The van der Waals surface area contributed by atoms with Gasteiger partial charge in [0.2, 0.25) is 0 Å². The van der Waals surface area contributed by atoms with E-state index in [-0.39, 0.29) is 6.09 Å². The Morgan fingerprint density at radius 3 is 2.53 bits per heavy atom. The van der Waals surface area contributed by atoms with Crippen molar-refractivity contribution in [2.75, 3.05) is 19.6 Å². The van der Waals surface area contributed by atoms with Crippen molar-refractivity contribution in [2.24, 2.45) is 5.92 Å². The van der Waals surface area contributed by atoms with Crippen molar-refractivity contribution in [2.45, 2.75) is 51.7 Å². The monoisotopic (exact) mass is 240 g/mol. The first kappa shape index (κ1) is 12.7. The van der Waals surface area contributed by atoms with Gasteiger partial charge in [0, 0.05) is 12.6 Å². The first-order valence-corrected chi connectivity index (χ1v) is 6.66. The molecule has 0 bridgehead atoms. The molecular formula is C13H24N2O2. The van der Waals surface area contributed by atoms with Crippen LogP contribution in [-0.2, 0) is 4.74 Å². The van der Waals surface area contributed by atoms with Gasteiger partial charge in [-0.2, -0.15) is 0 Å². The average Bonchev–Trinajstić information content (AvgIpc) is 2.89. The zero-order chi connectivity index (χ0) is 12.5. The van der Waals surface area contributed by atoms with Crippen molar-refractivity contribution >= 4 is 6.09 Å². The number of amides is 1. The second kappa shape index (κ2) is 4.84. The molecule has 17 heavy (non-hydrogen) atoms. The Bertz CT molecular complexity index is 276. The number of rotatable bonds is 3. The van der Waals surface area contributed by atoms with E-state index in [1.54, 1.807) is 0 Å². The number of hydrogen-bond acceptors (Lipinski definition) is 3. The first-order chi connectivity index (χ1) is 7.96. The maximum Gasteiger partial charge on any atom is 0.410 e. The van der Waals surface area contributed by atoms with Crippen LogP contribution in [0.2, 0.25) is 0 Å². The van der Waals surface area contributed by atoms with Gasteiger partial charge in [0.05, 0.1) is 0 Å². The molecule has 0 spiro atoms. The lowest BCUT2D eigenvalue weighted by Crippen LogP contribution is -2.41. The normalized spacial score (nSPS) is 24.8. The van der Waals surface area contributed by atoms with Gasteiger partial charge in [0.25, 0.3) is 0 Å². The van der Waals surface area contributed by atoms with E-state index in [4.69, 9.17) is 4.74 Å². The van der Waals surface area contributed by atoms with Crippen LogP contribution in [0.1, 0.15) is 40.0 Å². The van der Waals surface area contributed by atoms with Gasteiger partial charge in [0.1, 0.15) is 5.60 Å². The third kappa shape index (κ3) is 3.87. The molecule has 0 radical (unpaired) electrons. The fraction of sp³-hybridized carbons (Fsp3) is 0.923.